The molecule has 2 aliphatic heterocycles. The molecular formula is C30H32BrN3O5S. The van der Waals surface area contributed by atoms with E-state index in [1.165, 1.54) is 35.4 Å². The van der Waals surface area contributed by atoms with Gasteiger partial charge in [-0.15, -0.1) is 0 Å². The van der Waals surface area contributed by atoms with Crippen LogP contribution in [-0.2, 0) is 9.53 Å². The van der Waals surface area contributed by atoms with E-state index in [1.807, 2.05) is 6.08 Å². The van der Waals surface area contributed by atoms with E-state index in [0.717, 1.165) is 18.7 Å². The number of hydrogen-bond acceptors (Lipinski definition) is 8. The number of halogens is 1. The van der Waals surface area contributed by atoms with Crippen LogP contribution in [0.2, 0.25) is 0 Å². The number of anilines is 1. The monoisotopic (exact) mass is 625 g/mol. The maximum atomic E-state index is 14.0. The number of aromatic nitrogens is 1. The number of allylic oxidation sites excluding steroid dienone is 1. The first-order chi connectivity index (χ1) is 19.3. The van der Waals surface area contributed by atoms with Gasteiger partial charge in [0.25, 0.3) is 5.56 Å². The molecule has 1 atom stereocenters. The minimum atomic E-state index is -0.772. The van der Waals surface area contributed by atoms with E-state index >= 15 is 0 Å². The van der Waals surface area contributed by atoms with Crippen LogP contribution >= 0.6 is 27.3 Å². The Bertz CT molecular complexity index is 1680. The van der Waals surface area contributed by atoms with Crippen LogP contribution in [0.25, 0.3) is 6.08 Å². The number of esters is 1. The van der Waals surface area contributed by atoms with Gasteiger partial charge in [-0.3, -0.25) is 9.36 Å². The van der Waals surface area contributed by atoms with Crippen molar-refractivity contribution < 1.29 is 19.0 Å². The second-order valence-electron chi connectivity index (χ2n) is 9.77. The van der Waals surface area contributed by atoms with Gasteiger partial charge in [-0.1, -0.05) is 33.3 Å². The van der Waals surface area contributed by atoms with Crippen LogP contribution < -0.4 is 29.3 Å². The molecule has 3 heterocycles. The van der Waals surface area contributed by atoms with Crippen LogP contribution in [0, 0.1) is 6.92 Å². The highest BCUT2D eigenvalue weighted by molar-refractivity contribution is 9.10. The third-order valence-electron chi connectivity index (χ3n) is 7.28. The van der Waals surface area contributed by atoms with Crippen molar-refractivity contribution in [2.45, 2.75) is 39.7 Å². The molecule has 0 saturated carbocycles. The first-order valence-corrected chi connectivity index (χ1v) is 14.8. The minimum absolute atomic E-state index is 0.201. The summed E-state index contributed by atoms with van der Waals surface area (Å²) in [7, 11) is 3.10. The second-order valence-corrected chi connectivity index (χ2v) is 11.6. The Balaban J connectivity index is 1.68. The zero-order chi connectivity index (χ0) is 28.6. The lowest BCUT2D eigenvalue weighted by molar-refractivity contribution is -0.139. The summed E-state index contributed by atoms with van der Waals surface area (Å²) in [6.45, 7) is 7.98. The van der Waals surface area contributed by atoms with Crippen molar-refractivity contribution >= 4 is 45.0 Å². The number of thiazole rings is 1. The van der Waals surface area contributed by atoms with E-state index in [0.29, 0.717) is 42.1 Å². The lowest BCUT2D eigenvalue weighted by atomic mass is 9.95. The van der Waals surface area contributed by atoms with Gasteiger partial charge in [-0.25, -0.2) is 9.79 Å². The van der Waals surface area contributed by atoms with Gasteiger partial charge in [0.05, 0.1) is 42.7 Å². The van der Waals surface area contributed by atoms with Crippen LogP contribution in [-0.4, -0.2) is 44.5 Å². The fourth-order valence-corrected chi connectivity index (χ4v) is 6.98. The Morgan fingerprint density at radius 2 is 1.82 bits per heavy atom. The molecule has 210 valence electrons. The predicted molar refractivity (Wildman–Crippen MR) is 160 cm³/mol. The summed E-state index contributed by atoms with van der Waals surface area (Å²) in [5.41, 5.74) is 4.60. The van der Waals surface area contributed by atoms with Crippen molar-refractivity contribution in [2.24, 2.45) is 4.99 Å². The number of aryl methyl sites for hydroxylation is 1. The number of benzene rings is 2. The number of carbonyl (C=O) groups is 1. The van der Waals surface area contributed by atoms with Crippen LogP contribution in [0.15, 0.2) is 55.9 Å². The quantitative estimate of drug-likeness (QED) is 0.360. The average molecular weight is 627 g/mol. The fourth-order valence-electron chi connectivity index (χ4n) is 5.40. The lowest BCUT2D eigenvalue weighted by Crippen LogP contribution is -2.40. The van der Waals surface area contributed by atoms with E-state index in [4.69, 9.17) is 14.2 Å². The number of fused-ring (bicyclic) bond motifs is 1. The molecular weight excluding hydrogens is 594 g/mol. The Labute approximate surface area is 245 Å². The molecule has 0 spiro atoms. The topological polar surface area (TPSA) is 82.4 Å². The molecule has 1 aromatic heterocycles. The Kier molecular flexibility index (Phi) is 8.19. The van der Waals surface area contributed by atoms with Gasteiger partial charge in [0.1, 0.15) is 0 Å². The van der Waals surface area contributed by atoms with E-state index < -0.39 is 12.0 Å². The van der Waals surface area contributed by atoms with Gasteiger partial charge >= 0.3 is 5.97 Å². The molecule has 0 unspecified atom stereocenters. The molecule has 0 aliphatic carbocycles. The highest BCUT2D eigenvalue weighted by atomic mass is 79.9. The van der Waals surface area contributed by atoms with Gasteiger partial charge in [-0.05, 0) is 80.6 Å². The van der Waals surface area contributed by atoms with E-state index in [-0.39, 0.29) is 12.2 Å². The third-order valence-corrected chi connectivity index (χ3v) is 8.95. The van der Waals surface area contributed by atoms with Crippen LogP contribution in [0.1, 0.15) is 49.4 Å². The number of methoxy groups -OCH3 is 2. The molecule has 0 amide bonds. The van der Waals surface area contributed by atoms with Gasteiger partial charge in [-0.2, -0.15) is 0 Å². The normalized spacial score (nSPS) is 17.1. The molecule has 1 saturated heterocycles. The lowest BCUT2D eigenvalue weighted by Gasteiger charge is -2.26. The summed E-state index contributed by atoms with van der Waals surface area (Å²) in [6, 6.07) is 9.08. The highest BCUT2D eigenvalue weighted by Gasteiger charge is 2.35. The zero-order valence-corrected chi connectivity index (χ0v) is 25.6. The van der Waals surface area contributed by atoms with Gasteiger partial charge in [0, 0.05) is 23.2 Å². The van der Waals surface area contributed by atoms with Crippen LogP contribution in [0.3, 0.4) is 0 Å². The largest absolute Gasteiger partial charge is 0.493 e. The van der Waals surface area contributed by atoms with E-state index in [1.54, 1.807) is 44.8 Å². The maximum Gasteiger partial charge on any atom is 0.338 e. The van der Waals surface area contributed by atoms with Crippen molar-refractivity contribution in [3.05, 3.63) is 82.5 Å². The Hall–Kier alpha value is -3.37. The summed E-state index contributed by atoms with van der Waals surface area (Å²) >= 11 is 4.94. The number of ether oxygens (including phenoxy) is 3. The van der Waals surface area contributed by atoms with Crippen molar-refractivity contribution in [3.63, 3.8) is 0 Å². The molecule has 0 bridgehead atoms. The summed E-state index contributed by atoms with van der Waals surface area (Å²) in [6.07, 6.45) is 4.33. The summed E-state index contributed by atoms with van der Waals surface area (Å²) in [5.74, 6) is 0.490. The molecule has 10 heteroatoms. The van der Waals surface area contributed by atoms with Gasteiger partial charge in [0.15, 0.2) is 16.3 Å². The molecule has 0 radical (unpaired) electrons. The van der Waals surface area contributed by atoms with Crippen molar-refractivity contribution in [3.8, 4) is 11.5 Å². The summed E-state index contributed by atoms with van der Waals surface area (Å²) < 4.78 is 19.2. The number of rotatable bonds is 7. The molecule has 1 fully saturated rings. The van der Waals surface area contributed by atoms with E-state index in [9.17, 15) is 9.59 Å². The summed E-state index contributed by atoms with van der Waals surface area (Å²) in [4.78, 5) is 34.9. The average Bonchev–Trinajstić information content (AvgIpc) is 3.56. The second kappa shape index (κ2) is 11.6. The van der Waals surface area contributed by atoms with E-state index in [2.05, 4.69) is 50.9 Å². The van der Waals surface area contributed by atoms with Crippen molar-refractivity contribution in [1.82, 2.24) is 4.57 Å². The number of carbonyl (C=O) groups excluding carboxylic acids is 1. The standard InChI is InChI=1S/C30H32BrN3O5S/c1-6-39-29(36)26-18(3)32-30-34(27(26)20-15-23(37-4)24(38-5)16-21(20)31)28(35)25(40-30)14-19-9-10-22(17(2)13-19)33-11-7-8-12-33/h9-10,13-16,27H,6-8,11-12H2,1-5H3/b25-14+/t27-/m1/s1. The van der Waals surface area contributed by atoms with Gasteiger partial charge < -0.3 is 19.1 Å². The van der Waals surface area contributed by atoms with Crippen LogP contribution in [0.5, 0.6) is 11.5 Å². The maximum absolute atomic E-state index is 14.0. The summed E-state index contributed by atoms with van der Waals surface area (Å²) in [5, 5.41) is 0. The van der Waals surface area contributed by atoms with Gasteiger partial charge in [0.2, 0.25) is 0 Å². The molecule has 2 aromatic carbocycles. The molecule has 40 heavy (non-hydrogen) atoms. The smallest absolute Gasteiger partial charge is 0.338 e. The Morgan fingerprint density at radius 3 is 2.48 bits per heavy atom. The zero-order valence-electron chi connectivity index (χ0n) is 23.2. The third kappa shape index (κ3) is 5.10. The number of nitrogens with zero attached hydrogens (tertiary/aromatic N) is 3. The van der Waals surface area contributed by atoms with Crippen molar-refractivity contribution in [2.75, 3.05) is 38.8 Å². The predicted octanol–water partition coefficient (Wildman–Crippen LogP) is 4.49. The van der Waals surface area contributed by atoms with Crippen molar-refractivity contribution in [1.29, 1.82) is 0 Å². The fraction of sp³-hybridized carbons (Fsp3) is 0.367. The molecule has 0 N–H and O–H groups in total. The highest BCUT2D eigenvalue weighted by Crippen LogP contribution is 2.40. The number of hydrogen-bond donors (Lipinski definition) is 0. The molecule has 8 nitrogen and oxygen atoms in total. The first-order valence-electron chi connectivity index (χ1n) is 13.2. The SMILES string of the molecule is CCOC(=O)C1=C(C)N=c2s/c(=C/c3ccc(N4CCCC4)c(C)c3)c(=O)n2[C@@H]1c1cc(OC)c(OC)cc1Br. The van der Waals surface area contributed by atoms with Crippen LogP contribution in [0.4, 0.5) is 5.69 Å². The molecule has 5 rings (SSSR count). The minimum Gasteiger partial charge on any atom is -0.493 e. The molecule has 2 aliphatic rings. The first kappa shape index (κ1) is 28.2. The molecule has 3 aromatic rings. The Morgan fingerprint density at radius 1 is 1.12 bits per heavy atom.